The second kappa shape index (κ2) is 7.35. The molecule has 2 aromatic carbocycles. The van der Waals surface area contributed by atoms with Gasteiger partial charge in [0.05, 0.1) is 5.56 Å². The lowest BCUT2D eigenvalue weighted by Crippen LogP contribution is -2.26. The van der Waals surface area contributed by atoms with E-state index in [1.165, 1.54) is 5.56 Å². The minimum absolute atomic E-state index is 0.148. The van der Waals surface area contributed by atoms with E-state index in [0.717, 1.165) is 22.5 Å². The van der Waals surface area contributed by atoms with Gasteiger partial charge in [0.25, 0.3) is 5.91 Å². The lowest BCUT2D eigenvalue weighted by Gasteiger charge is -2.17. The molecule has 0 aliphatic heterocycles. The minimum Gasteiger partial charge on any atom is -0.324 e. The Morgan fingerprint density at radius 1 is 0.962 bits per heavy atom. The number of para-hydroxylation sites is 1. The molecule has 5 nitrogen and oxygen atoms in total. The number of carbonyl (C=O) groups excluding carboxylic acids is 1. The molecular weight excluding hydrogens is 324 g/mol. The minimum atomic E-state index is -0.148. The van der Waals surface area contributed by atoms with Crippen molar-refractivity contribution >= 4 is 23.2 Å². The summed E-state index contributed by atoms with van der Waals surface area (Å²) in [6.45, 7) is 6.17. The van der Waals surface area contributed by atoms with E-state index in [9.17, 15) is 4.79 Å². The first-order valence-electron chi connectivity index (χ1n) is 8.45. The van der Waals surface area contributed by atoms with E-state index in [4.69, 9.17) is 0 Å². The van der Waals surface area contributed by atoms with Gasteiger partial charge in [-0.1, -0.05) is 35.9 Å². The molecule has 0 saturated carbocycles. The third-order valence-corrected chi connectivity index (χ3v) is 4.26. The fourth-order valence-corrected chi connectivity index (χ4v) is 2.95. The Morgan fingerprint density at radius 2 is 1.54 bits per heavy atom. The van der Waals surface area contributed by atoms with Crippen LogP contribution in [-0.2, 0) is 0 Å². The van der Waals surface area contributed by atoms with Crippen molar-refractivity contribution in [3.8, 4) is 0 Å². The van der Waals surface area contributed by atoms with Crippen LogP contribution in [0.15, 0.2) is 54.9 Å². The van der Waals surface area contributed by atoms with E-state index in [-0.39, 0.29) is 5.91 Å². The molecule has 0 fully saturated rings. The van der Waals surface area contributed by atoms with Crippen LogP contribution in [0.25, 0.3) is 0 Å². The van der Waals surface area contributed by atoms with Crippen LogP contribution in [0.2, 0.25) is 0 Å². The molecule has 1 aromatic heterocycles. The second-order valence-corrected chi connectivity index (χ2v) is 6.39. The van der Waals surface area contributed by atoms with Gasteiger partial charge in [0.2, 0.25) is 5.95 Å². The zero-order chi connectivity index (χ0) is 18.7. The fourth-order valence-electron chi connectivity index (χ4n) is 2.95. The van der Waals surface area contributed by atoms with Crippen molar-refractivity contribution in [2.75, 3.05) is 17.3 Å². The van der Waals surface area contributed by atoms with Crippen molar-refractivity contribution in [3.05, 3.63) is 77.1 Å². The molecule has 3 rings (SSSR count). The molecule has 0 unspecified atom stereocenters. The number of nitrogens with one attached hydrogen (secondary N) is 1. The summed E-state index contributed by atoms with van der Waals surface area (Å²) in [5.74, 6) is 0.324. The number of amides is 1. The summed E-state index contributed by atoms with van der Waals surface area (Å²) in [6.07, 6.45) is 3.10. The quantitative estimate of drug-likeness (QED) is 0.759. The highest BCUT2D eigenvalue weighted by Crippen LogP contribution is 2.24. The predicted molar refractivity (Wildman–Crippen MR) is 105 cm³/mol. The number of hydrogen-bond donors (Lipinski definition) is 1. The Hall–Kier alpha value is -3.21. The standard InChI is InChI=1S/C21H22N4O/c1-14-10-15(2)19(16(3)11-14)24-21-22-12-17(13-23-21)20(26)25(4)18-8-6-5-7-9-18/h5-13H,1-4H3,(H,22,23,24). The van der Waals surface area contributed by atoms with Gasteiger partial charge >= 0.3 is 0 Å². The van der Waals surface area contributed by atoms with Gasteiger partial charge in [0.1, 0.15) is 0 Å². The first kappa shape index (κ1) is 17.6. The molecule has 132 valence electrons. The summed E-state index contributed by atoms with van der Waals surface area (Å²) in [6, 6.07) is 13.7. The van der Waals surface area contributed by atoms with Crippen LogP contribution in [0.3, 0.4) is 0 Å². The molecule has 0 aliphatic carbocycles. The molecule has 3 aromatic rings. The maximum Gasteiger partial charge on any atom is 0.261 e. The largest absolute Gasteiger partial charge is 0.324 e. The van der Waals surface area contributed by atoms with Crippen LogP contribution >= 0.6 is 0 Å². The zero-order valence-electron chi connectivity index (χ0n) is 15.4. The number of anilines is 3. The van der Waals surface area contributed by atoms with E-state index in [1.54, 1.807) is 24.3 Å². The Labute approximate surface area is 153 Å². The molecule has 26 heavy (non-hydrogen) atoms. The molecule has 5 heteroatoms. The topological polar surface area (TPSA) is 58.1 Å². The molecule has 0 radical (unpaired) electrons. The number of nitrogens with zero attached hydrogens (tertiary/aromatic N) is 3. The van der Waals surface area contributed by atoms with Crippen molar-refractivity contribution < 1.29 is 4.79 Å². The van der Waals surface area contributed by atoms with Gasteiger partial charge in [0, 0.05) is 30.8 Å². The molecule has 0 saturated heterocycles. The van der Waals surface area contributed by atoms with Gasteiger partial charge in [-0.05, 0) is 44.0 Å². The predicted octanol–water partition coefficient (Wildman–Crippen LogP) is 4.42. The van der Waals surface area contributed by atoms with Gasteiger partial charge < -0.3 is 10.2 Å². The number of carbonyl (C=O) groups is 1. The summed E-state index contributed by atoms with van der Waals surface area (Å²) in [4.78, 5) is 22.8. The van der Waals surface area contributed by atoms with Crippen LogP contribution < -0.4 is 10.2 Å². The maximum absolute atomic E-state index is 12.6. The number of hydrogen-bond acceptors (Lipinski definition) is 4. The average Bonchev–Trinajstić information content (AvgIpc) is 2.64. The molecule has 0 bridgehead atoms. The lowest BCUT2D eigenvalue weighted by molar-refractivity contribution is 0.0992. The van der Waals surface area contributed by atoms with Gasteiger partial charge in [-0.15, -0.1) is 0 Å². The highest BCUT2D eigenvalue weighted by Gasteiger charge is 2.14. The fraction of sp³-hybridized carbons (Fsp3) is 0.190. The summed E-state index contributed by atoms with van der Waals surface area (Å²) in [5.41, 5.74) is 5.75. The Kier molecular flexibility index (Phi) is 4.98. The molecular formula is C21H22N4O. The highest BCUT2D eigenvalue weighted by atomic mass is 16.2. The monoisotopic (exact) mass is 346 g/mol. The Bertz CT molecular complexity index is 897. The molecule has 0 spiro atoms. The smallest absolute Gasteiger partial charge is 0.261 e. The summed E-state index contributed by atoms with van der Waals surface area (Å²) in [7, 11) is 1.74. The van der Waals surface area contributed by atoms with Crippen molar-refractivity contribution in [2.24, 2.45) is 0 Å². The van der Waals surface area contributed by atoms with E-state index in [2.05, 4.69) is 48.2 Å². The van der Waals surface area contributed by atoms with Gasteiger partial charge in [-0.25, -0.2) is 9.97 Å². The van der Waals surface area contributed by atoms with Crippen LogP contribution in [0.4, 0.5) is 17.3 Å². The van der Waals surface area contributed by atoms with Gasteiger partial charge in [-0.2, -0.15) is 0 Å². The average molecular weight is 346 g/mol. The first-order chi connectivity index (χ1) is 12.5. The number of aryl methyl sites for hydroxylation is 3. The van der Waals surface area contributed by atoms with Crippen molar-refractivity contribution in [3.63, 3.8) is 0 Å². The first-order valence-corrected chi connectivity index (χ1v) is 8.45. The van der Waals surface area contributed by atoms with Gasteiger partial charge in [0.15, 0.2) is 0 Å². The maximum atomic E-state index is 12.6. The van der Waals surface area contributed by atoms with E-state index >= 15 is 0 Å². The molecule has 0 atom stereocenters. The highest BCUT2D eigenvalue weighted by molar-refractivity contribution is 6.05. The Balaban J connectivity index is 1.78. The van der Waals surface area contributed by atoms with E-state index in [1.807, 2.05) is 30.3 Å². The normalized spacial score (nSPS) is 10.5. The van der Waals surface area contributed by atoms with Gasteiger partial charge in [-0.3, -0.25) is 4.79 Å². The van der Waals surface area contributed by atoms with Crippen LogP contribution in [-0.4, -0.2) is 22.9 Å². The molecule has 1 heterocycles. The second-order valence-electron chi connectivity index (χ2n) is 6.39. The van der Waals surface area contributed by atoms with E-state index in [0.29, 0.717) is 11.5 Å². The molecule has 1 amide bonds. The summed E-state index contributed by atoms with van der Waals surface area (Å²) in [5, 5.41) is 3.25. The zero-order valence-corrected chi connectivity index (χ0v) is 15.4. The number of rotatable bonds is 4. The SMILES string of the molecule is Cc1cc(C)c(Nc2ncc(C(=O)N(C)c3ccccc3)cn2)c(C)c1. The van der Waals surface area contributed by atoms with Crippen LogP contribution in [0.1, 0.15) is 27.0 Å². The summed E-state index contributed by atoms with van der Waals surface area (Å²) >= 11 is 0. The number of benzene rings is 2. The third kappa shape index (κ3) is 3.72. The Morgan fingerprint density at radius 3 is 2.12 bits per heavy atom. The van der Waals surface area contributed by atoms with Crippen LogP contribution in [0.5, 0.6) is 0 Å². The summed E-state index contributed by atoms with van der Waals surface area (Å²) < 4.78 is 0. The third-order valence-electron chi connectivity index (χ3n) is 4.26. The van der Waals surface area contributed by atoms with Crippen molar-refractivity contribution in [1.82, 2.24) is 9.97 Å². The van der Waals surface area contributed by atoms with Crippen molar-refractivity contribution in [2.45, 2.75) is 20.8 Å². The molecule has 1 N–H and O–H groups in total. The van der Waals surface area contributed by atoms with E-state index < -0.39 is 0 Å². The lowest BCUT2D eigenvalue weighted by atomic mass is 10.1. The molecule has 0 aliphatic rings. The van der Waals surface area contributed by atoms with Crippen molar-refractivity contribution in [1.29, 1.82) is 0 Å². The van der Waals surface area contributed by atoms with Crippen LogP contribution in [0, 0.1) is 20.8 Å². The number of aromatic nitrogens is 2.